The largest absolute Gasteiger partial charge is 0.325 e. The molecule has 1 aliphatic rings. The van der Waals surface area contributed by atoms with Crippen molar-refractivity contribution in [3.05, 3.63) is 0 Å². The van der Waals surface area contributed by atoms with Gasteiger partial charge in [0.2, 0.25) is 5.91 Å². The van der Waals surface area contributed by atoms with E-state index in [0.29, 0.717) is 5.92 Å². The molecule has 0 radical (unpaired) electrons. The number of carbonyl (C=O) groups excluding carboxylic acids is 1. The molecule has 1 N–H and O–H groups in total. The zero-order valence-electron chi connectivity index (χ0n) is 11.2. The first-order valence-corrected chi connectivity index (χ1v) is 6.22. The summed E-state index contributed by atoms with van der Waals surface area (Å²) >= 11 is 0. The first kappa shape index (κ1) is 13.5. The fraction of sp³-hybridized carbons (Fsp3) is 0.917. The molecule has 1 aliphatic heterocycles. The molecule has 1 amide bonds. The second kappa shape index (κ2) is 5.64. The van der Waals surface area contributed by atoms with Gasteiger partial charge in [-0.1, -0.05) is 20.8 Å². The highest BCUT2D eigenvalue weighted by Crippen LogP contribution is 2.16. The maximum atomic E-state index is 12.1. The quantitative estimate of drug-likeness (QED) is 0.752. The second-order valence-electron chi connectivity index (χ2n) is 4.99. The van der Waals surface area contributed by atoms with Crippen LogP contribution in [0.25, 0.3) is 0 Å². The van der Waals surface area contributed by atoms with Gasteiger partial charge in [-0.05, 0) is 26.4 Å². The highest BCUT2D eigenvalue weighted by Gasteiger charge is 2.37. The molecule has 1 heterocycles. The van der Waals surface area contributed by atoms with E-state index in [1.165, 1.54) is 0 Å². The smallest absolute Gasteiger partial charge is 0.241 e. The molecular formula is C12H25N3O. The standard InChI is InChI=1S/C12H25N3O/c1-6-14(5)7-8-15-10(4)13-11(9(2)3)12(15)16/h9-11,13H,6-8H2,1-5H3. The van der Waals surface area contributed by atoms with Gasteiger partial charge in [0, 0.05) is 13.1 Å². The summed E-state index contributed by atoms with van der Waals surface area (Å²) < 4.78 is 0. The van der Waals surface area contributed by atoms with E-state index in [4.69, 9.17) is 0 Å². The van der Waals surface area contributed by atoms with Gasteiger partial charge in [0.1, 0.15) is 0 Å². The van der Waals surface area contributed by atoms with Gasteiger partial charge in [0.05, 0.1) is 12.2 Å². The van der Waals surface area contributed by atoms with Crippen LogP contribution in [-0.2, 0) is 4.79 Å². The molecule has 0 aromatic rings. The van der Waals surface area contributed by atoms with Gasteiger partial charge in [-0.25, -0.2) is 0 Å². The molecule has 0 bridgehead atoms. The van der Waals surface area contributed by atoms with E-state index in [-0.39, 0.29) is 18.1 Å². The Kier molecular flexibility index (Phi) is 4.74. The average molecular weight is 227 g/mol. The SMILES string of the molecule is CCN(C)CCN1C(=O)C(C(C)C)NC1C. The second-order valence-corrected chi connectivity index (χ2v) is 4.99. The van der Waals surface area contributed by atoms with Crippen molar-refractivity contribution in [3.8, 4) is 0 Å². The molecular weight excluding hydrogens is 202 g/mol. The van der Waals surface area contributed by atoms with Gasteiger partial charge < -0.3 is 9.80 Å². The molecule has 0 aliphatic carbocycles. The number of hydrogen-bond donors (Lipinski definition) is 1. The van der Waals surface area contributed by atoms with Gasteiger partial charge >= 0.3 is 0 Å². The molecule has 2 atom stereocenters. The maximum Gasteiger partial charge on any atom is 0.241 e. The number of nitrogens with zero attached hydrogens (tertiary/aromatic N) is 2. The van der Waals surface area contributed by atoms with Crippen molar-refractivity contribution in [2.45, 2.75) is 39.9 Å². The van der Waals surface area contributed by atoms with Crippen LogP contribution in [0.15, 0.2) is 0 Å². The van der Waals surface area contributed by atoms with Crippen molar-refractivity contribution in [2.75, 3.05) is 26.7 Å². The third kappa shape index (κ3) is 2.95. The van der Waals surface area contributed by atoms with Crippen LogP contribution >= 0.6 is 0 Å². The first-order valence-electron chi connectivity index (χ1n) is 6.22. The monoisotopic (exact) mass is 227 g/mol. The van der Waals surface area contributed by atoms with Crippen molar-refractivity contribution in [2.24, 2.45) is 5.92 Å². The lowest BCUT2D eigenvalue weighted by atomic mass is 10.1. The molecule has 4 heteroatoms. The Balaban J connectivity index is 2.51. The molecule has 2 unspecified atom stereocenters. The van der Waals surface area contributed by atoms with E-state index in [1.807, 2.05) is 4.90 Å². The van der Waals surface area contributed by atoms with Crippen molar-refractivity contribution < 1.29 is 4.79 Å². The van der Waals surface area contributed by atoms with Gasteiger partial charge in [0.25, 0.3) is 0 Å². The van der Waals surface area contributed by atoms with Crippen LogP contribution in [0.5, 0.6) is 0 Å². The van der Waals surface area contributed by atoms with Crippen LogP contribution in [0.3, 0.4) is 0 Å². The van der Waals surface area contributed by atoms with E-state index in [0.717, 1.165) is 19.6 Å². The normalized spacial score (nSPS) is 26.2. The summed E-state index contributed by atoms with van der Waals surface area (Å²) in [7, 11) is 2.08. The Morgan fingerprint density at radius 3 is 2.56 bits per heavy atom. The summed E-state index contributed by atoms with van der Waals surface area (Å²) in [4.78, 5) is 16.3. The topological polar surface area (TPSA) is 35.6 Å². The molecule has 4 nitrogen and oxygen atoms in total. The van der Waals surface area contributed by atoms with Crippen molar-refractivity contribution >= 4 is 5.91 Å². The number of likely N-dealkylation sites (N-methyl/N-ethyl adjacent to an activating group) is 1. The molecule has 0 saturated carbocycles. The minimum absolute atomic E-state index is 0.00179. The van der Waals surface area contributed by atoms with Crippen molar-refractivity contribution in [1.29, 1.82) is 0 Å². The van der Waals surface area contributed by atoms with Crippen LogP contribution in [0.2, 0.25) is 0 Å². The maximum absolute atomic E-state index is 12.1. The van der Waals surface area contributed by atoms with Gasteiger partial charge in [-0.3, -0.25) is 10.1 Å². The molecule has 0 aromatic heterocycles. The molecule has 0 spiro atoms. The van der Waals surface area contributed by atoms with Gasteiger partial charge in [-0.15, -0.1) is 0 Å². The summed E-state index contributed by atoms with van der Waals surface area (Å²) in [5, 5.41) is 3.35. The zero-order chi connectivity index (χ0) is 12.3. The third-order valence-corrected chi connectivity index (χ3v) is 3.37. The Morgan fingerprint density at radius 1 is 1.50 bits per heavy atom. The number of amides is 1. The Labute approximate surface area is 99.0 Å². The van der Waals surface area contributed by atoms with Crippen LogP contribution in [0, 0.1) is 5.92 Å². The summed E-state index contributed by atoms with van der Waals surface area (Å²) in [5.74, 6) is 0.621. The zero-order valence-corrected chi connectivity index (χ0v) is 11.2. The van der Waals surface area contributed by atoms with Crippen LogP contribution < -0.4 is 5.32 Å². The van der Waals surface area contributed by atoms with E-state index in [2.05, 4.69) is 45.0 Å². The van der Waals surface area contributed by atoms with E-state index < -0.39 is 0 Å². The lowest BCUT2D eigenvalue weighted by Crippen LogP contribution is -2.40. The number of hydrogen-bond acceptors (Lipinski definition) is 3. The van der Waals surface area contributed by atoms with Crippen LogP contribution in [-0.4, -0.2) is 54.6 Å². The number of carbonyl (C=O) groups is 1. The highest BCUT2D eigenvalue weighted by molar-refractivity contribution is 5.84. The fourth-order valence-corrected chi connectivity index (χ4v) is 2.01. The Hall–Kier alpha value is -0.610. The van der Waals surface area contributed by atoms with Crippen LogP contribution in [0.1, 0.15) is 27.7 Å². The summed E-state index contributed by atoms with van der Waals surface area (Å²) in [6, 6.07) is 0.00179. The van der Waals surface area contributed by atoms with Crippen LogP contribution in [0.4, 0.5) is 0 Å². The average Bonchev–Trinajstić information content (AvgIpc) is 2.51. The van der Waals surface area contributed by atoms with Crippen molar-refractivity contribution in [1.82, 2.24) is 15.1 Å². The summed E-state index contributed by atoms with van der Waals surface area (Å²) in [6.07, 6.45) is 0.171. The molecule has 0 aromatic carbocycles. The van der Waals surface area contributed by atoms with Gasteiger partial charge in [0.15, 0.2) is 0 Å². The Morgan fingerprint density at radius 2 is 2.12 bits per heavy atom. The minimum Gasteiger partial charge on any atom is -0.325 e. The summed E-state index contributed by atoms with van der Waals surface area (Å²) in [5.41, 5.74) is 0. The summed E-state index contributed by atoms with van der Waals surface area (Å²) in [6.45, 7) is 11.2. The molecule has 1 saturated heterocycles. The fourth-order valence-electron chi connectivity index (χ4n) is 2.01. The van der Waals surface area contributed by atoms with E-state index in [1.54, 1.807) is 0 Å². The highest BCUT2D eigenvalue weighted by atomic mass is 16.2. The predicted octanol–water partition coefficient (Wildman–Crippen LogP) is 0.740. The molecule has 94 valence electrons. The van der Waals surface area contributed by atoms with Gasteiger partial charge in [-0.2, -0.15) is 0 Å². The predicted molar refractivity (Wildman–Crippen MR) is 66.1 cm³/mol. The molecule has 1 fully saturated rings. The third-order valence-electron chi connectivity index (χ3n) is 3.37. The first-order chi connectivity index (χ1) is 7.47. The number of rotatable bonds is 5. The Bertz CT molecular complexity index is 242. The van der Waals surface area contributed by atoms with Crippen molar-refractivity contribution in [3.63, 3.8) is 0 Å². The van der Waals surface area contributed by atoms with E-state index >= 15 is 0 Å². The molecule has 16 heavy (non-hydrogen) atoms. The molecule has 1 rings (SSSR count). The van der Waals surface area contributed by atoms with E-state index in [9.17, 15) is 4.79 Å². The lowest BCUT2D eigenvalue weighted by molar-refractivity contribution is -0.130. The lowest BCUT2D eigenvalue weighted by Gasteiger charge is -2.24. The number of nitrogens with one attached hydrogen (secondary N) is 1. The minimum atomic E-state index is 0.00179.